The van der Waals surface area contributed by atoms with E-state index in [-0.39, 0.29) is 6.04 Å². The molecule has 2 heterocycles. The molecule has 4 nitrogen and oxygen atoms in total. The number of nitrogens with two attached hydrogens (primary N) is 1. The van der Waals surface area contributed by atoms with Crippen LogP contribution in [0.5, 0.6) is 5.75 Å². The molecule has 3 rings (SSSR count). The minimum atomic E-state index is -0.124. The van der Waals surface area contributed by atoms with Crippen molar-refractivity contribution in [1.29, 1.82) is 0 Å². The Morgan fingerprint density at radius 1 is 1.35 bits per heavy atom. The fourth-order valence-electron chi connectivity index (χ4n) is 2.20. The molecule has 0 fully saturated rings. The van der Waals surface area contributed by atoms with Gasteiger partial charge in [-0.2, -0.15) is 5.10 Å². The van der Waals surface area contributed by atoms with E-state index in [9.17, 15) is 0 Å². The normalized spacial score (nSPS) is 16.1. The number of nitrogens with one attached hydrogen (secondary N) is 1. The largest absolute Gasteiger partial charge is 0.493 e. The average molecular weight is 229 g/mol. The van der Waals surface area contributed by atoms with Gasteiger partial charge in [0, 0.05) is 11.8 Å². The first-order chi connectivity index (χ1) is 8.34. The lowest BCUT2D eigenvalue weighted by Gasteiger charge is -2.19. The third-order valence-electron chi connectivity index (χ3n) is 3.17. The van der Waals surface area contributed by atoms with Crippen molar-refractivity contribution in [3.8, 4) is 5.75 Å². The van der Waals surface area contributed by atoms with Gasteiger partial charge in [-0.3, -0.25) is 5.10 Å². The Labute approximate surface area is 99.8 Å². The molecule has 0 saturated carbocycles. The molecule has 1 aliphatic heterocycles. The van der Waals surface area contributed by atoms with E-state index in [0.717, 1.165) is 36.3 Å². The highest BCUT2D eigenvalue weighted by molar-refractivity contribution is 5.41. The Balaban J connectivity index is 1.93. The number of benzene rings is 1. The van der Waals surface area contributed by atoms with Crippen LogP contribution in [0.1, 0.15) is 29.2 Å². The number of aryl methyl sites for hydroxylation is 1. The van der Waals surface area contributed by atoms with E-state index >= 15 is 0 Å². The first-order valence-corrected chi connectivity index (χ1v) is 5.84. The predicted molar refractivity (Wildman–Crippen MR) is 64.9 cm³/mol. The van der Waals surface area contributed by atoms with Crippen LogP contribution in [0.2, 0.25) is 0 Å². The number of ether oxygens (including phenoxy) is 1. The van der Waals surface area contributed by atoms with Crippen LogP contribution in [-0.2, 0) is 6.42 Å². The molecule has 0 radical (unpaired) electrons. The lowest BCUT2D eigenvalue weighted by molar-refractivity contribution is 0.288. The second-order valence-electron chi connectivity index (χ2n) is 4.33. The van der Waals surface area contributed by atoms with Crippen LogP contribution >= 0.6 is 0 Å². The van der Waals surface area contributed by atoms with Gasteiger partial charge >= 0.3 is 0 Å². The highest BCUT2D eigenvalue weighted by Crippen LogP contribution is 2.28. The van der Waals surface area contributed by atoms with E-state index in [4.69, 9.17) is 10.5 Å². The molecule has 0 spiro atoms. The van der Waals surface area contributed by atoms with Crippen molar-refractivity contribution in [3.05, 3.63) is 47.3 Å². The van der Waals surface area contributed by atoms with Crippen LogP contribution in [0.4, 0.5) is 0 Å². The van der Waals surface area contributed by atoms with Crippen LogP contribution in [0, 0.1) is 0 Å². The maximum absolute atomic E-state index is 6.19. The molecule has 17 heavy (non-hydrogen) atoms. The number of fused-ring (bicyclic) bond motifs is 1. The summed E-state index contributed by atoms with van der Waals surface area (Å²) in [5.41, 5.74) is 9.56. The molecule has 88 valence electrons. The first kappa shape index (κ1) is 10.4. The maximum atomic E-state index is 6.19. The zero-order valence-electron chi connectivity index (χ0n) is 9.52. The number of H-pyrrole nitrogens is 1. The molecular weight excluding hydrogens is 214 g/mol. The molecule has 0 amide bonds. The van der Waals surface area contributed by atoms with E-state index in [1.165, 1.54) is 5.56 Å². The first-order valence-electron chi connectivity index (χ1n) is 5.84. The molecule has 0 saturated heterocycles. The molecule has 3 N–H and O–H groups in total. The van der Waals surface area contributed by atoms with E-state index < -0.39 is 0 Å². The van der Waals surface area contributed by atoms with Crippen LogP contribution in [-0.4, -0.2) is 16.8 Å². The Morgan fingerprint density at radius 2 is 2.29 bits per heavy atom. The SMILES string of the molecule is NC(c1cn[nH]c1)c1ccc2c(c1)CCCO2. The summed E-state index contributed by atoms with van der Waals surface area (Å²) in [6, 6.07) is 6.07. The van der Waals surface area contributed by atoms with Crippen LogP contribution in [0.3, 0.4) is 0 Å². The maximum Gasteiger partial charge on any atom is 0.122 e. The molecule has 1 aromatic heterocycles. The van der Waals surface area contributed by atoms with Crippen molar-refractivity contribution in [2.75, 3.05) is 6.61 Å². The average Bonchev–Trinajstić information content (AvgIpc) is 2.91. The molecule has 1 unspecified atom stereocenters. The number of hydrogen-bond acceptors (Lipinski definition) is 3. The monoisotopic (exact) mass is 229 g/mol. The minimum absolute atomic E-state index is 0.124. The van der Waals surface area contributed by atoms with Gasteiger partial charge in [0.1, 0.15) is 5.75 Å². The fourth-order valence-corrected chi connectivity index (χ4v) is 2.20. The quantitative estimate of drug-likeness (QED) is 0.825. The summed E-state index contributed by atoms with van der Waals surface area (Å²) in [6.45, 7) is 0.820. The van der Waals surface area contributed by atoms with Gasteiger partial charge in [-0.05, 0) is 30.0 Å². The molecule has 2 aromatic rings. The molecule has 4 heteroatoms. The second-order valence-corrected chi connectivity index (χ2v) is 4.33. The van der Waals surface area contributed by atoms with Gasteiger partial charge in [-0.1, -0.05) is 12.1 Å². The number of nitrogens with zero attached hydrogens (tertiary/aromatic N) is 1. The summed E-state index contributed by atoms with van der Waals surface area (Å²) in [7, 11) is 0. The lowest BCUT2D eigenvalue weighted by atomic mass is 9.97. The summed E-state index contributed by atoms with van der Waals surface area (Å²) in [5.74, 6) is 0.999. The zero-order valence-corrected chi connectivity index (χ0v) is 9.52. The van der Waals surface area contributed by atoms with E-state index in [2.05, 4.69) is 16.3 Å². The molecule has 1 atom stereocenters. The van der Waals surface area contributed by atoms with Gasteiger partial charge in [0.25, 0.3) is 0 Å². The van der Waals surface area contributed by atoms with Crippen molar-refractivity contribution >= 4 is 0 Å². The fraction of sp³-hybridized carbons (Fsp3) is 0.308. The zero-order chi connectivity index (χ0) is 11.7. The smallest absolute Gasteiger partial charge is 0.122 e. The molecular formula is C13H15N3O. The number of hydrogen-bond donors (Lipinski definition) is 2. The summed E-state index contributed by atoms with van der Waals surface area (Å²) >= 11 is 0. The van der Waals surface area contributed by atoms with E-state index in [1.807, 2.05) is 18.3 Å². The Bertz CT molecular complexity index is 507. The van der Waals surface area contributed by atoms with Crippen molar-refractivity contribution in [1.82, 2.24) is 10.2 Å². The van der Waals surface area contributed by atoms with E-state index in [0.29, 0.717) is 0 Å². The van der Waals surface area contributed by atoms with Gasteiger partial charge in [-0.15, -0.1) is 0 Å². The van der Waals surface area contributed by atoms with Gasteiger partial charge < -0.3 is 10.5 Å². The van der Waals surface area contributed by atoms with Crippen LogP contribution in [0.15, 0.2) is 30.6 Å². The van der Waals surface area contributed by atoms with Crippen molar-refractivity contribution < 1.29 is 4.74 Å². The van der Waals surface area contributed by atoms with Crippen molar-refractivity contribution in [2.24, 2.45) is 5.73 Å². The highest BCUT2D eigenvalue weighted by atomic mass is 16.5. The lowest BCUT2D eigenvalue weighted by Crippen LogP contribution is -2.13. The van der Waals surface area contributed by atoms with Crippen molar-refractivity contribution in [2.45, 2.75) is 18.9 Å². The summed E-state index contributed by atoms with van der Waals surface area (Å²) in [4.78, 5) is 0. The third kappa shape index (κ3) is 1.91. The molecule has 0 aliphatic carbocycles. The number of aromatic amines is 1. The molecule has 1 aromatic carbocycles. The van der Waals surface area contributed by atoms with Crippen molar-refractivity contribution in [3.63, 3.8) is 0 Å². The third-order valence-corrected chi connectivity index (χ3v) is 3.17. The topological polar surface area (TPSA) is 63.9 Å². The summed E-state index contributed by atoms with van der Waals surface area (Å²) in [6.07, 6.45) is 5.75. The van der Waals surface area contributed by atoms with Gasteiger partial charge in [0.15, 0.2) is 0 Å². The number of aromatic nitrogens is 2. The number of rotatable bonds is 2. The predicted octanol–water partition coefficient (Wildman–Crippen LogP) is 1.78. The van der Waals surface area contributed by atoms with Gasteiger partial charge in [0.05, 0.1) is 18.8 Å². The molecule has 1 aliphatic rings. The van der Waals surface area contributed by atoms with Gasteiger partial charge in [-0.25, -0.2) is 0 Å². The highest BCUT2D eigenvalue weighted by Gasteiger charge is 2.15. The summed E-state index contributed by atoms with van der Waals surface area (Å²) < 4.78 is 5.59. The van der Waals surface area contributed by atoms with Gasteiger partial charge in [0.2, 0.25) is 0 Å². The Kier molecular flexibility index (Phi) is 2.57. The van der Waals surface area contributed by atoms with Crippen LogP contribution in [0.25, 0.3) is 0 Å². The minimum Gasteiger partial charge on any atom is -0.493 e. The Hall–Kier alpha value is -1.81. The Morgan fingerprint density at radius 3 is 3.12 bits per heavy atom. The molecule has 0 bridgehead atoms. The standard InChI is InChI=1S/C13H15N3O/c14-13(11-7-15-16-8-11)10-3-4-12-9(6-10)2-1-5-17-12/h3-4,6-8,13H,1-2,5,14H2,(H,15,16). The van der Waals surface area contributed by atoms with Crippen LogP contribution < -0.4 is 10.5 Å². The van der Waals surface area contributed by atoms with E-state index in [1.54, 1.807) is 6.20 Å². The summed E-state index contributed by atoms with van der Waals surface area (Å²) in [5, 5.41) is 6.71. The second kappa shape index (κ2) is 4.22.